The fourth-order valence-corrected chi connectivity index (χ4v) is 1.47. The Balaban J connectivity index is 2.37. The van der Waals surface area contributed by atoms with Crippen molar-refractivity contribution < 1.29 is 4.74 Å². The molecule has 0 aromatic carbocycles. The summed E-state index contributed by atoms with van der Waals surface area (Å²) in [6.45, 7) is 5.25. The molecule has 0 spiro atoms. The van der Waals surface area contributed by atoms with Gasteiger partial charge in [-0.1, -0.05) is 0 Å². The summed E-state index contributed by atoms with van der Waals surface area (Å²) in [6, 6.07) is 2.00. The minimum Gasteiger partial charge on any atom is -0.383 e. The Bertz CT molecular complexity index is 310. The predicted octanol–water partition coefficient (Wildman–Crippen LogP) is 0.869. The molecule has 90 valence electrons. The van der Waals surface area contributed by atoms with E-state index in [1.54, 1.807) is 7.11 Å². The van der Waals surface area contributed by atoms with Crippen molar-refractivity contribution in [1.82, 2.24) is 9.97 Å². The first-order chi connectivity index (χ1) is 7.61. The third-order valence-corrected chi connectivity index (χ3v) is 2.16. The van der Waals surface area contributed by atoms with Crippen LogP contribution < -0.4 is 11.1 Å². The third-order valence-electron chi connectivity index (χ3n) is 2.16. The number of rotatable bonds is 6. The van der Waals surface area contributed by atoms with Crippen LogP contribution in [0.15, 0.2) is 6.07 Å². The zero-order chi connectivity index (χ0) is 12.0. The quantitative estimate of drug-likeness (QED) is 0.750. The maximum atomic E-state index is 5.80. The molecule has 16 heavy (non-hydrogen) atoms. The number of nitrogens with one attached hydrogen (secondary N) is 1. The minimum atomic E-state index is 0.0587. The average molecular weight is 224 g/mol. The molecule has 1 heterocycles. The van der Waals surface area contributed by atoms with Crippen LogP contribution in [0.4, 0.5) is 5.95 Å². The number of methoxy groups -OCH3 is 1. The second kappa shape index (κ2) is 6.40. The number of hydrogen-bond donors (Lipinski definition) is 2. The normalized spacial score (nSPS) is 12.5. The molecule has 1 atom stereocenters. The topological polar surface area (TPSA) is 73.1 Å². The molecule has 5 heteroatoms. The predicted molar refractivity (Wildman–Crippen MR) is 64.5 cm³/mol. The number of ether oxygens (including phenoxy) is 1. The van der Waals surface area contributed by atoms with E-state index in [2.05, 4.69) is 15.3 Å². The van der Waals surface area contributed by atoms with Gasteiger partial charge in [0.25, 0.3) is 0 Å². The van der Waals surface area contributed by atoms with E-state index in [1.807, 2.05) is 19.9 Å². The van der Waals surface area contributed by atoms with E-state index in [0.29, 0.717) is 12.6 Å². The summed E-state index contributed by atoms with van der Waals surface area (Å²) in [6.07, 6.45) is 0.837. The zero-order valence-corrected chi connectivity index (χ0v) is 10.2. The Morgan fingerprint density at radius 3 is 2.56 bits per heavy atom. The lowest BCUT2D eigenvalue weighted by molar-refractivity contribution is 0.178. The van der Waals surface area contributed by atoms with Crippen molar-refractivity contribution in [2.24, 2.45) is 5.73 Å². The largest absolute Gasteiger partial charge is 0.383 e. The van der Waals surface area contributed by atoms with E-state index >= 15 is 0 Å². The van der Waals surface area contributed by atoms with E-state index in [4.69, 9.17) is 10.5 Å². The van der Waals surface area contributed by atoms with Crippen molar-refractivity contribution >= 4 is 5.95 Å². The van der Waals surface area contributed by atoms with E-state index in [9.17, 15) is 0 Å². The lowest BCUT2D eigenvalue weighted by Gasteiger charge is -2.11. The van der Waals surface area contributed by atoms with E-state index < -0.39 is 0 Å². The van der Waals surface area contributed by atoms with Crippen LogP contribution in [0.3, 0.4) is 0 Å². The Morgan fingerprint density at radius 2 is 2.00 bits per heavy atom. The summed E-state index contributed by atoms with van der Waals surface area (Å²) in [7, 11) is 1.65. The van der Waals surface area contributed by atoms with Crippen LogP contribution in [-0.4, -0.2) is 36.3 Å². The molecule has 0 bridgehead atoms. The smallest absolute Gasteiger partial charge is 0.223 e. The molecule has 0 aliphatic rings. The first kappa shape index (κ1) is 12.9. The highest BCUT2D eigenvalue weighted by Crippen LogP contribution is 2.03. The maximum absolute atomic E-state index is 5.80. The molecule has 5 nitrogen and oxygen atoms in total. The number of nitrogens with two attached hydrogens (primary N) is 1. The van der Waals surface area contributed by atoms with Crippen LogP contribution in [0.5, 0.6) is 0 Å². The summed E-state index contributed by atoms with van der Waals surface area (Å²) in [5.41, 5.74) is 7.74. The van der Waals surface area contributed by atoms with Gasteiger partial charge < -0.3 is 15.8 Å². The Hall–Kier alpha value is -1.20. The molecule has 0 amide bonds. The van der Waals surface area contributed by atoms with Gasteiger partial charge in [0.15, 0.2) is 0 Å². The summed E-state index contributed by atoms with van der Waals surface area (Å²) in [5, 5.41) is 3.16. The molecular weight excluding hydrogens is 204 g/mol. The number of hydrogen-bond acceptors (Lipinski definition) is 5. The second-order valence-corrected chi connectivity index (χ2v) is 3.91. The number of aryl methyl sites for hydroxylation is 2. The molecule has 0 fully saturated rings. The van der Waals surface area contributed by atoms with Gasteiger partial charge in [-0.05, 0) is 26.3 Å². The van der Waals surface area contributed by atoms with Crippen LogP contribution in [0.1, 0.15) is 17.8 Å². The SMILES string of the molecule is COCC(N)CCNc1nc(C)cc(C)n1. The number of anilines is 1. The van der Waals surface area contributed by atoms with Crippen molar-refractivity contribution in [3.8, 4) is 0 Å². The molecular formula is C11H20N4O. The molecule has 0 saturated carbocycles. The molecule has 0 radical (unpaired) electrons. The molecule has 1 aromatic heterocycles. The van der Waals surface area contributed by atoms with E-state index in [1.165, 1.54) is 0 Å². The van der Waals surface area contributed by atoms with Gasteiger partial charge in [0.2, 0.25) is 5.95 Å². The van der Waals surface area contributed by atoms with Crippen molar-refractivity contribution in [3.63, 3.8) is 0 Å². The van der Waals surface area contributed by atoms with Crippen LogP contribution in [0.2, 0.25) is 0 Å². The highest BCUT2D eigenvalue weighted by Gasteiger charge is 2.02. The average Bonchev–Trinajstić information content (AvgIpc) is 2.16. The summed E-state index contributed by atoms with van der Waals surface area (Å²) >= 11 is 0. The number of aromatic nitrogens is 2. The van der Waals surface area contributed by atoms with Crippen LogP contribution in [0.25, 0.3) is 0 Å². The standard InChI is InChI=1S/C11H20N4O/c1-8-6-9(2)15-11(14-8)13-5-4-10(12)7-16-3/h6,10H,4-5,7,12H2,1-3H3,(H,13,14,15). The van der Waals surface area contributed by atoms with E-state index in [-0.39, 0.29) is 6.04 Å². The molecule has 1 aromatic rings. The first-order valence-corrected chi connectivity index (χ1v) is 5.42. The van der Waals surface area contributed by atoms with Gasteiger partial charge in [0, 0.05) is 31.1 Å². The van der Waals surface area contributed by atoms with Gasteiger partial charge >= 0.3 is 0 Å². The van der Waals surface area contributed by atoms with Crippen molar-refractivity contribution in [2.45, 2.75) is 26.3 Å². The molecule has 3 N–H and O–H groups in total. The zero-order valence-electron chi connectivity index (χ0n) is 10.2. The Morgan fingerprint density at radius 1 is 1.38 bits per heavy atom. The van der Waals surface area contributed by atoms with Gasteiger partial charge in [-0.25, -0.2) is 9.97 Å². The van der Waals surface area contributed by atoms with Gasteiger partial charge in [-0.15, -0.1) is 0 Å². The molecule has 0 aliphatic carbocycles. The lowest BCUT2D eigenvalue weighted by atomic mass is 10.2. The highest BCUT2D eigenvalue weighted by molar-refractivity contribution is 5.27. The third kappa shape index (κ3) is 4.55. The molecule has 0 aliphatic heterocycles. The van der Waals surface area contributed by atoms with Crippen molar-refractivity contribution in [3.05, 3.63) is 17.5 Å². The van der Waals surface area contributed by atoms with Crippen molar-refractivity contribution in [1.29, 1.82) is 0 Å². The lowest BCUT2D eigenvalue weighted by Crippen LogP contribution is -2.28. The van der Waals surface area contributed by atoms with Crippen LogP contribution in [0, 0.1) is 13.8 Å². The summed E-state index contributed by atoms with van der Waals surface area (Å²) < 4.78 is 4.96. The Labute approximate surface area is 96.4 Å². The first-order valence-electron chi connectivity index (χ1n) is 5.42. The van der Waals surface area contributed by atoms with Gasteiger partial charge in [-0.2, -0.15) is 0 Å². The summed E-state index contributed by atoms with van der Waals surface area (Å²) in [4.78, 5) is 8.57. The minimum absolute atomic E-state index is 0.0587. The van der Waals surface area contributed by atoms with Gasteiger partial charge in [0.05, 0.1) is 6.61 Å². The monoisotopic (exact) mass is 224 g/mol. The molecule has 1 unspecified atom stereocenters. The van der Waals surface area contributed by atoms with Crippen LogP contribution >= 0.6 is 0 Å². The van der Waals surface area contributed by atoms with Crippen molar-refractivity contribution in [2.75, 3.05) is 25.6 Å². The fraction of sp³-hybridized carbons (Fsp3) is 0.636. The van der Waals surface area contributed by atoms with Gasteiger partial charge in [-0.3, -0.25) is 0 Å². The van der Waals surface area contributed by atoms with Crippen LogP contribution in [-0.2, 0) is 4.74 Å². The Kier molecular flexibility index (Phi) is 5.14. The second-order valence-electron chi connectivity index (χ2n) is 3.91. The fourth-order valence-electron chi connectivity index (χ4n) is 1.47. The maximum Gasteiger partial charge on any atom is 0.223 e. The highest BCUT2D eigenvalue weighted by atomic mass is 16.5. The van der Waals surface area contributed by atoms with E-state index in [0.717, 1.165) is 24.4 Å². The number of nitrogens with zero attached hydrogens (tertiary/aromatic N) is 2. The summed E-state index contributed by atoms with van der Waals surface area (Å²) in [5.74, 6) is 0.669. The molecule has 1 rings (SSSR count). The van der Waals surface area contributed by atoms with Gasteiger partial charge in [0.1, 0.15) is 0 Å². The molecule has 0 saturated heterocycles.